The van der Waals surface area contributed by atoms with Crippen LogP contribution in [0.25, 0.3) is 10.9 Å². The van der Waals surface area contributed by atoms with E-state index < -0.39 is 11.8 Å². The molecule has 0 unspecified atom stereocenters. The second kappa shape index (κ2) is 5.81. The molecule has 3 rings (SSSR count). The molecule has 0 amide bonds. The minimum absolute atomic E-state index is 0.299. The predicted octanol–water partition coefficient (Wildman–Crippen LogP) is 3.35. The van der Waals surface area contributed by atoms with Crippen LogP contribution < -0.4 is 0 Å². The van der Waals surface area contributed by atoms with Crippen LogP contribution in [0.15, 0.2) is 54.7 Å². The number of nitrogens with one attached hydrogen (secondary N) is 1. The Labute approximate surface area is 125 Å². The van der Waals surface area contributed by atoms with Gasteiger partial charge < -0.3 is 9.72 Å². The Hall–Kier alpha value is -2.95. The number of aromatic nitrogens is 1. The first-order valence-corrected chi connectivity index (χ1v) is 6.67. The number of carbonyl (C=O) groups is 2. The standard InChI is InChI=1S/C17H12FNO3/c18-12-7-5-11(6-8-12)16(20)10-22-17(21)14-9-19-15-4-2-1-3-13(14)15/h1-9,19H,10H2. The third-order valence-electron chi connectivity index (χ3n) is 3.31. The summed E-state index contributed by atoms with van der Waals surface area (Å²) in [4.78, 5) is 26.9. The molecule has 0 saturated heterocycles. The Morgan fingerprint density at radius 2 is 1.77 bits per heavy atom. The third kappa shape index (κ3) is 2.74. The van der Waals surface area contributed by atoms with Crippen molar-refractivity contribution in [2.24, 2.45) is 0 Å². The molecule has 0 aliphatic carbocycles. The monoisotopic (exact) mass is 297 g/mol. The van der Waals surface area contributed by atoms with Gasteiger partial charge in [-0.05, 0) is 30.3 Å². The van der Waals surface area contributed by atoms with Gasteiger partial charge in [0.1, 0.15) is 5.82 Å². The highest BCUT2D eigenvalue weighted by atomic mass is 19.1. The number of carbonyl (C=O) groups excluding carboxylic acids is 2. The van der Waals surface area contributed by atoms with E-state index in [0.717, 1.165) is 10.9 Å². The van der Waals surface area contributed by atoms with Crippen LogP contribution in [-0.2, 0) is 4.74 Å². The van der Waals surface area contributed by atoms with Crippen LogP contribution in [0.2, 0.25) is 0 Å². The summed E-state index contributed by atoms with van der Waals surface area (Å²) in [6.07, 6.45) is 1.55. The van der Waals surface area contributed by atoms with E-state index in [-0.39, 0.29) is 12.4 Å². The maximum Gasteiger partial charge on any atom is 0.340 e. The summed E-state index contributed by atoms with van der Waals surface area (Å²) in [6, 6.07) is 12.4. The number of hydrogen-bond donors (Lipinski definition) is 1. The van der Waals surface area contributed by atoms with Crippen LogP contribution in [0.5, 0.6) is 0 Å². The predicted molar refractivity (Wildman–Crippen MR) is 79.3 cm³/mol. The molecule has 4 nitrogen and oxygen atoms in total. The molecule has 0 bridgehead atoms. The van der Waals surface area contributed by atoms with E-state index in [1.54, 1.807) is 12.3 Å². The lowest BCUT2D eigenvalue weighted by Crippen LogP contribution is -2.14. The summed E-state index contributed by atoms with van der Waals surface area (Å²) in [6.45, 7) is -0.385. The first kappa shape index (κ1) is 14.0. The number of ether oxygens (including phenoxy) is 1. The second-order valence-electron chi connectivity index (χ2n) is 4.75. The first-order chi connectivity index (χ1) is 10.6. The van der Waals surface area contributed by atoms with E-state index in [1.807, 2.05) is 18.2 Å². The maximum absolute atomic E-state index is 12.8. The number of esters is 1. The van der Waals surface area contributed by atoms with Crippen LogP contribution in [0.1, 0.15) is 20.7 Å². The van der Waals surface area contributed by atoms with Crippen LogP contribution in [-0.4, -0.2) is 23.3 Å². The molecule has 3 aromatic rings. The average Bonchev–Trinajstić information content (AvgIpc) is 2.97. The lowest BCUT2D eigenvalue weighted by molar-refractivity contribution is 0.0476. The van der Waals surface area contributed by atoms with Crippen molar-refractivity contribution in [3.8, 4) is 0 Å². The zero-order chi connectivity index (χ0) is 15.5. The molecule has 0 aliphatic rings. The summed E-state index contributed by atoms with van der Waals surface area (Å²) in [5.41, 5.74) is 1.50. The fraction of sp³-hybridized carbons (Fsp3) is 0.0588. The van der Waals surface area contributed by atoms with Gasteiger partial charge in [-0.15, -0.1) is 0 Å². The van der Waals surface area contributed by atoms with Gasteiger partial charge in [0.05, 0.1) is 5.56 Å². The number of para-hydroxylation sites is 1. The highest BCUT2D eigenvalue weighted by Gasteiger charge is 2.15. The van der Waals surface area contributed by atoms with E-state index in [4.69, 9.17) is 4.74 Å². The van der Waals surface area contributed by atoms with Crippen molar-refractivity contribution in [3.05, 3.63) is 71.7 Å². The van der Waals surface area contributed by atoms with Crippen molar-refractivity contribution in [2.45, 2.75) is 0 Å². The minimum atomic E-state index is -0.576. The summed E-state index contributed by atoms with van der Waals surface area (Å²) in [7, 11) is 0. The number of benzene rings is 2. The van der Waals surface area contributed by atoms with E-state index >= 15 is 0 Å². The number of ketones is 1. The molecule has 0 saturated carbocycles. The maximum atomic E-state index is 12.8. The summed E-state index contributed by atoms with van der Waals surface area (Å²) in [5, 5.41) is 0.738. The molecule has 22 heavy (non-hydrogen) atoms. The second-order valence-corrected chi connectivity index (χ2v) is 4.75. The van der Waals surface area contributed by atoms with E-state index in [2.05, 4.69) is 4.98 Å². The molecule has 0 radical (unpaired) electrons. The molecular weight excluding hydrogens is 285 g/mol. The van der Waals surface area contributed by atoms with Crippen molar-refractivity contribution in [1.29, 1.82) is 0 Å². The van der Waals surface area contributed by atoms with Crippen molar-refractivity contribution >= 4 is 22.7 Å². The van der Waals surface area contributed by atoms with Crippen molar-refractivity contribution < 1.29 is 18.7 Å². The van der Waals surface area contributed by atoms with Crippen molar-refractivity contribution in [1.82, 2.24) is 4.98 Å². The minimum Gasteiger partial charge on any atom is -0.454 e. The van der Waals surface area contributed by atoms with Crippen LogP contribution in [0, 0.1) is 5.82 Å². The lowest BCUT2D eigenvalue weighted by atomic mass is 10.1. The summed E-state index contributed by atoms with van der Waals surface area (Å²) >= 11 is 0. The van der Waals surface area contributed by atoms with Gasteiger partial charge in [0, 0.05) is 22.7 Å². The topological polar surface area (TPSA) is 59.2 Å². The Kier molecular flexibility index (Phi) is 3.70. The zero-order valence-electron chi connectivity index (χ0n) is 11.5. The first-order valence-electron chi connectivity index (χ1n) is 6.67. The third-order valence-corrected chi connectivity index (χ3v) is 3.31. The van der Waals surface area contributed by atoms with Gasteiger partial charge in [-0.2, -0.15) is 0 Å². The van der Waals surface area contributed by atoms with Crippen LogP contribution in [0.4, 0.5) is 4.39 Å². The fourth-order valence-electron chi connectivity index (χ4n) is 2.17. The van der Waals surface area contributed by atoms with E-state index in [9.17, 15) is 14.0 Å². The molecule has 2 aromatic carbocycles. The molecule has 1 aromatic heterocycles. The number of halogens is 1. The number of H-pyrrole nitrogens is 1. The van der Waals surface area contributed by atoms with Gasteiger partial charge >= 0.3 is 5.97 Å². The van der Waals surface area contributed by atoms with Gasteiger partial charge in [0.2, 0.25) is 0 Å². The van der Waals surface area contributed by atoms with E-state index in [1.165, 1.54) is 24.3 Å². The lowest BCUT2D eigenvalue weighted by Gasteiger charge is -2.03. The quantitative estimate of drug-likeness (QED) is 0.593. The molecule has 0 spiro atoms. The fourth-order valence-corrected chi connectivity index (χ4v) is 2.17. The number of hydrogen-bond acceptors (Lipinski definition) is 3. The molecule has 110 valence electrons. The highest BCUT2D eigenvalue weighted by molar-refractivity contribution is 6.05. The zero-order valence-corrected chi connectivity index (χ0v) is 11.5. The Bertz CT molecular complexity index is 836. The Morgan fingerprint density at radius 1 is 1.05 bits per heavy atom. The van der Waals surface area contributed by atoms with E-state index in [0.29, 0.717) is 11.1 Å². The highest BCUT2D eigenvalue weighted by Crippen LogP contribution is 2.18. The molecule has 1 heterocycles. The molecular formula is C17H12FNO3. The largest absolute Gasteiger partial charge is 0.454 e. The molecule has 0 fully saturated rings. The summed E-state index contributed by atoms with van der Waals surface area (Å²) < 4.78 is 17.8. The molecule has 5 heteroatoms. The molecule has 0 atom stereocenters. The Morgan fingerprint density at radius 3 is 2.55 bits per heavy atom. The number of fused-ring (bicyclic) bond motifs is 1. The molecule has 1 N–H and O–H groups in total. The van der Waals surface area contributed by atoms with Gasteiger partial charge in [0.15, 0.2) is 12.4 Å². The number of rotatable bonds is 4. The summed E-state index contributed by atoms with van der Waals surface area (Å²) in [5.74, 6) is -1.38. The normalized spacial score (nSPS) is 10.6. The smallest absolute Gasteiger partial charge is 0.340 e. The number of aromatic amines is 1. The van der Waals surface area contributed by atoms with Crippen molar-refractivity contribution in [2.75, 3.05) is 6.61 Å². The van der Waals surface area contributed by atoms with Gasteiger partial charge in [-0.3, -0.25) is 4.79 Å². The Balaban J connectivity index is 1.70. The SMILES string of the molecule is O=C(COC(=O)c1c[nH]c2ccccc12)c1ccc(F)cc1. The average molecular weight is 297 g/mol. The van der Waals surface area contributed by atoms with Crippen molar-refractivity contribution in [3.63, 3.8) is 0 Å². The van der Waals surface area contributed by atoms with Crippen LogP contribution >= 0.6 is 0 Å². The number of Topliss-reactive ketones (excluding diaryl/α,β-unsaturated/α-hetero) is 1. The van der Waals surface area contributed by atoms with Gasteiger partial charge in [-0.25, -0.2) is 9.18 Å². The molecule has 0 aliphatic heterocycles. The van der Waals surface area contributed by atoms with Gasteiger partial charge in [-0.1, -0.05) is 18.2 Å². The van der Waals surface area contributed by atoms with Gasteiger partial charge in [0.25, 0.3) is 0 Å². The van der Waals surface area contributed by atoms with Crippen LogP contribution in [0.3, 0.4) is 0 Å².